The highest BCUT2D eigenvalue weighted by Gasteiger charge is 2.11. The first-order valence-corrected chi connectivity index (χ1v) is 9.13. The summed E-state index contributed by atoms with van der Waals surface area (Å²) in [5.41, 5.74) is 4.03. The molecule has 0 spiro atoms. The number of rotatable bonds is 5. The van der Waals surface area contributed by atoms with E-state index >= 15 is 0 Å². The van der Waals surface area contributed by atoms with Crippen LogP contribution in [-0.2, 0) is 13.0 Å². The molecule has 0 fully saturated rings. The fourth-order valence-corrected chi connectivity index (χ4v) is 3.58. The van der Waals surface area contributed by atoms with Crippen molar-refractivity contribution in [3.05, 3.63) is 70.7 Å². The molecule has 5 heteroatoms. The Hall–Kier alpha value is -2.66. The van der Waals surface area contributed by atoms with E-state index in [-0.39, 0.29) is 6.03 Å². The number of carbonyl (C=O) groups is 1. The van der Waals surface area contributed by atoms with Crippen molar-refractivity contribution in [2.45, 2.75) is 26.8 Å². The summed E-state index contributed by atoms with van der Waals surface area (Å²) in [6.45, 7) is 4.52. The van der Waals surface area contributed by atoms with Gasteiger partial charge in [-0.05, 0) is 25.0 Å². The molecule has 128 valence electrons. The predicted octanol–water partition coefficient (Wildman–Crippen LogP) is 5.00. The first-order chi connectivity index (χ1) is 12.2. The maximum absolute atomic E-state index is 12.2. The molecule has 0 aliphatic carbocycles. The highest BCUT2D eigenvalue weighted by molar-refractivity contribution is 7.15. The van der Waals surface area contributed by atoms with Gasteiger partial charge in [-0.15, -0.1) is 11.3 Å². The van der Waals surface area contributed by atoms with Crippen molar-refractivity contribution in [1.82, 2.24) is 10.3 Å². The molecule has 0 aliphatic heterocycles. The second-order valence-electron chi connectivity index (χ2n) is 5.71. The van der Waals surface area contributed by atoms with Crippen molar-refractivity contribution < 1.29 is 4.79 Å². The van der Waals surface area contributed by atoms with Crippen molar-refractivity contribution >= 4 is 23.1 Å². The summed E-state index contributed by atoms with van der Waals surface area (Å²) in [7, 11) is 0. The SMILES string of the molecule is CCc1ccccc1NC(=O)NCc1sc(-c2ccccc2)nc1C. The molecule has 1 heterocycles. The zero-order chi connectivity index (χ0) is 17.6. The molecule has 0 radical (unpaired) electrons. The van der Waals surface area contributed by atoms with Gasteiger partial charge in [0.2, 0.25) is 0 Å². The molecule has 2 amide bonds. The molecule has 3 aromatic rings. The summed E-state index contributed by atoms with van der Waals surface area (Å²) in [4.78, 5) is 17.9. The summed E-state index contributed by atoms with van der Waals surface area (Å²) in [6.07, 6.45) is 0.880. The first-order valence-electron chi connectivity index (χ1n) is 8.32. The molecule has 3 rings (SSSR count). The van der Waals surface area contributed by atoms with Crippen LogP contribution in [0.2, 0.25) is 0 Å². The van der Waals surface area contributed by atoms with Gasteiger partial charge in [0, 0.05) is 16.1 Å². The highest BCUT2D eigenvalue weighted by Crippen LogP contribution is 2.27. The predicted molar refractivity (Wildman–Crippen MR) is 104 cm³/mol. The number of aromatic nitrogens is 1. The van der Waals surface area contributed by atoms with Gasteiger partial charge in [-0.3, -0.25) is 0 Å². The van der Waals surface area contributed by atoms with Crippen LogP contribution in [-0.4, -0.2) is 11.0 Å². The zero-order valence-corrected chi connectivity index (χ0v) is 15.2. The van der Waals surface area contributed by atoms with Crippen LogP contribution in [0.25, 0.3) is 10.6 Å². The summed E-state index contributed by atoms with van der Waals surface area (Å²) in [5.74, 6) is 0. The van der Waals surface area contributed by atoms with E-state index in [1.807, 2.05) is 61.5 Å². The summed E-state index contributed by atoms with van der Waals surface area (Å²) >= 11 is 1.61. The third kappa shape index (κ3) is 4.25. The fraction of sp³-hybridized carbons (Fsp3) is 0.200. The Kier molecular flexibility index (Phi) is 5.46. The van der Waals surface area contributed by atoms with Crippen molar-refractivity contribution in [3.8, 4) is 10.6 Å². The number of urea groups is 1. The number of amides is 2. The minimum atomic E-state index is -0.199. The van der Waals surface area contributed by atoms with Crippen LogP contribution in [0, 0.1) is 6.92 Å². The van der Waals surface area contributed by atoms with Crippen LogP contribution >= 0.6 is 11.3 Å². The summed E-state index contributed by atoms with van der Waals surface area (Å²) in [5, 5.41) is 6.83. The third-order valence-corrected chi connectivity index (χ3v) is 5.18. The van der Waals surface area contributed by atoms with Gasteiger partial charge in [-0.25, -0.2) is 9.78 Å². The first kappa shape index (κ1) is 17.2. The number of nitrogens with one attached hydrogen (secondary N) is 2. The lowest BCUT2D eigenvalue weighted by atomic mass is 10.1. The number of aryl methyl sites for hydroxylation is 2. The standard InChI is InChI=1S/C20H21N3OS/c1-3-15-9-7-8-12-17(15)23-20(24)21-13-18-14(2)22-19(25-18)16-10-5-4-6-11-16/h4-12H,3,13H2,1-2H3,(H2,21,23,24). The Labute approximate surface area is 151 Å². The quantitative estimate of drug-likeness (QED) is 0.679. The van der Waals surface area contributed by atoms with Gasteiger partial charge in [-0.2, -0.15) is 0 Å². The highest BCUT2D eigenvalue weighted by atomic mass is 32.1. The molecule has 0 aliphatic rings. The van der Waals surface area contributed by atoms with E-state index in [1.54, 1.807) is 11.3 Å². The van der Waals surface area contributed by atoms with E-state index in [9.17, 15) is 4.79 Å². The number of hydrogen-bond donors (Lipinski definition) is 2. The molecule has 1 aromatic heterocycles. The van der Waals surface area contributed by atoms with Gasteiger partial charge < -0.3 is 10.6 Å². The molecule has 0 atom stereocenters. The average Bonchev–Trinajstić information content (AvgIpc) is 3.02. The number of thiazole rings is 1. The second kappa shape index (κ2) is 7.94. The third-order valence-electron chi connectivity index (χ3n) is 3.97. The van der Waals surface area contributed by atoms with Crippen LogP contribution in [0.3, 0.4) is 0 Å². The Bertz CT molecular complexity index is 858. The van der Waals surface area contributed by atoms with E-state index in [0.29, 0.717) is 6.54 Å². The Morgan fingerprint density at radius 3 is 2.56 bits per heavy atom. The van der Waals surface area contributed by atoms with E-state index in [0.717, 1.165) is 38.8 Å². The van der Waals surface area contributed by atoms with Crippen LogP contribution in [0.4, 0.5) is 10.5 Å². The average molecular weight is 351 g/mol. The molecule has 25 heavy (non-hydrogen) atoms. The Morgan fingerprint density at radius 2 is 1.80 bits per heavy atom. The van der Waals surface area contributed by atoms with Gasteiger partial charge in [0.25, 0.3) is 0 Å². The van der Waals surface area contributed by atoms with Gasteiger partial charge in [0.15, 0.2) is 0 Å². The fourth-order valence-electron chi connectivity index (χ4n) is 2.57. The number of hydrogen-bond acceptors (Lipinski definition) is 3. The minimum Gasteiger partial charge on any atom is -0.333 e. The van der Waals surface area contributed by atoms with Gasteiger partial charge in [0.1, 0.15) is 5.01 Å². The Morgan fingerprint density at radius 1 is 1.08 bits per heavy atom. The van der Waals surface area contributed by atoms with E-state index in [1.165, 1.54) is 0 Å². The van der Waals surface area contributed by atoms with Crippen molar-refractivity contribution in [3.63, 3.8) is 0 Å². The molecule has 0 saturated carbocycles. The lowest BCUT2D eigenvalue weighted by Crippen LogP contribution is -2.28. The number of nitrogens with zero attached hydrogens (tertiary/aromatic N) is 1. The van der Waals surface area contributed by atoms with Gasteiger partial charge in [0.05, 0.1) is 12.2 Å². The van der Waals surface area contributed by atoms with E-state index < -0.39 is 0 Å². The monoisotopic (exact) mass is 351 g/mol. The van der Waals surface area contributed by atoms with Gasteiger partial charge in [-0.1, -0.05) is 55.5 Å². The maximum atomic E-state index is 12.2. The molecule has 0 saturated heterocycles. The summed E-state index contributed by atoms with van der Waals surface area (Å²) in [6, 6.07) is 17.7. The van der Waals surface area contributed by atoms with Gasteiger partial charge >= 0.3 is 6.03 Å². The van der Waals surface area contributed by atoms with Crippen LogP contribution in [0.15, 0.2) is 54.6 Å². The number of anilines is 1. The molecular weight excluding hydrogens is 330 g/mol. The van der Waals surface area contributed by atoms with Crippen LogP contribution < -0.4 is 10.6 Å². The molecular formula is C20H21N3OS. The molecule has 4 nitrogen and oxygen atoms in total. The largest absolute Gasteiger partial charge is 0.333 e. The molecule has 2 aromatic carbocycles. The van der Waals surface area contributed by atoms with E-state index in [2.05, 4.69) is 22.5 Å². The molecule has 0 unspecified atom stereocenters. The number of benzene rings is 2. The lowest BCUT2D eigenvalue weighted by Gasteiger charge is -2.10. The normalized spacial score (nSPS) is 10.5. The van der Waals surface area contributed by atoms with Crippen LogP contribution in [0.5, 0.6) is 0 Å². The van der Waals surface area contributed by atoms with Crippen molar-refractivity contribution in [2.24, 2.45) is 0 Å². The summed E-state index contributed by atoms with van der Waals surface area (Å²) < 4.78 is 0. The van der Waals surface area contributed by atoms with Crippen LogP contribution in [0.1, 0.15) is 23.1 Å². The number of carbonyl (C=O) groups excluding carboxylic acids is 1. The smallest absolute Gasteiger partial charge is 0.319 e. The molecule has 0 bridgehead atoms. The maximum Gasteiger partial charge on any atom is 0.319 e. The second-order valence-corrected chi connectivity index (χ2v) is 6.80. The van der Waals surface area contributed by atoms with Crippen molar-refractivity contribution in [1.29, 1.82) is 0 Å². The number of para-hydroxylation sites is 1. The lowest BCUT2D eigenvalue weighted by molar-refractivity contribution is 0.252. The van der Waals surface area contributed by atoms with Crippen molar-refractivity contribution in [2.75, 3.05) is 5.32 Å². The Balaban J connectivity index is 1.64. The topological polar surface area (TPSA) is 54.0 Å². The zero-order valence-electron chi connectivity index (χ0n) is 14.4. The molecule has 2 N–H and O–H groups in total. The van der Waals surface area contributed by atoms with E-state index in [4.69, 9.17) is 0 Å². The minimum absolute atomic E-state index is 0.199.